The highest BCUT2D eigenvalue weighted by molar-refractivity contribution is 7.13. The molecule has 126 valence electrons. The average Bonchev–Trinajstić information content (AvgIpc) is 3.29. The summed E-state index contributed by atoms with van der Waals surface area (Å²) in [7, 11) is 0. The van der Waals surface area contributed by atoms with E-state index in [1.54, 1.807) is 18.5 Å². The predicted octanol–water partition coefficient (Wildman–Crippen LogP) is 3.05. The number of aromatic nitrogens is 3. The zero-order chi connectivity index (χ0) is 17.8. The van der Waals surface area contributed by atoms with E-state index in [2.05, 4.69) is 15.2 Å². The van der Waals surface area contributed by atoms with Crippen molar-refractivity contribution in [2.45, 2.75) is 0 Å². The smallest absolute Gasteiger partial charge is 0.290 e. The number of aromatic hydroxyl groups is 1. The predicted molar refractivity (Wildman–Crippen MR) is 95.8 cm³/mol. The van der Waals surface area contributed by atoms with Crippen molar-refractivity contribution >= 4 is 28.7 Å². The molecule has 0 atom stereocenters. The Morgan fingerprint density at radius 1 is 1.20 bits per heavy atom. The van der Waals surface area contributed by atoms with Gasteiger partial charge in [0.15, 0.2) is 0 Å². The standard InChI is InChI=1S/C16H11N3O2S.CH2O2/c20-15-11-6-9(10-7-17-18-8-10)3-4-12(11)19-16(21)14(15)13-2-1-5-22-13;2-1-3/h1-8H,(H,17,18)(H2,19,20,21);1H,(H,2,3). The molecule has 0 fully saturated rings. The second kappa shape index (κ2) is 7.02. The molecule has 0 amide bonds. The van der Waals surface area contributed by atoms with E-state index in [4.69, 9.17) is 9.90 Å². The number of benzene rings is 1. The van der Waals surface area contributed by atoms with Gasteiger partial charge in [-0.1, -0.05) is 12.1 Å². The summed E-state index contributed by atoms with van der Waals surface area (Å²) < 4.78 is 0. The van der Waals surface area contributed by atoms with Crippen molar-refractivity contribution in [2.24, 2.45) is 0 Å². The van der Waals surface area contributed by atoms with Crippen molar-refractivity contribution in [1.82, 2.24) is 15.2 Å². The van der Waals surface area contributed by atoms with Gasteiger partial charge >= 0.3 is 0 Å². The Morgan fingerprint density at radius 2 is 2.00 bits per heavy atom. The fraction of sp³-hybridized carbons (Fsp3) is 0. The molecule has 0 saturated heterocycles. The Labute approximate surface area is 145 Å². The topological polar surface area (TPSA) is 119 Å². The van der Waals surface area contributed by atoms with Crippen LogP contribution in [-0.2, 0) is 4.79 Å². The second-order valence-electron chi connectivity index (χ2n) is 5.01. The zero-order valence-corrected chi connectivity index (χ0v) is 13.6. The van der Waals surface area contributed by atoms with Crippen LogP contribution in [0.1, 0.15) is 0 Å². The van der Waals surface area contributed by atoms with Crippen molar-refractivity contribution in [3.63, 3.8) is 0 Å². The summed E-state index contributed by atoms with van der Waals surface area (Å²) in [4.78, 5) is 24.2. The number of aromatic amines is 2. The molecule has 4 N–H and O–H groups in total. The number of hydrogen-bond acceptors (Lipinski definition) is 5. The van der Waals surface area contributed by atoms with Crippen LogP contribution in [0.5, 0.6) is 5.75 Å². The van der Waals surface area contributed by atoms with E-state index in [1.807, 2.05) is 29.6 Å². The lowest BCUT2D eigenvalue weighted by Gasteiger charge is -2.07. The van der Waals surface area contributed by atoms with Gasteiger partial charge in [0.2, 0.25) is 0 Å². The first-order chi connectivity index (χ1) is 12.2. The van der Waals surface area contributed by atoms with Crippen LogP contribution in [-0.4, -0.2) is 31.9 Å². The minimum absolute atomic E-state index is 0.00606. The molecule has 0 spiro atoms. The Kier molecular flexibility index (Phi) is 4.62. The number of hydrogen-bond donors (Lipinski definition) is 4. The normalized spacial score (nSPS) is 10.2. The van der Waals surface area contributed by atoms with Crippen molar-refractivity contribution in [3.05, 3.63) is 58.5 Å². The van der Waals surface area contributed by atoms with E-state index in [9.17, 15) is 9.90 Å². The molecule has 1 aromatic carbocycles. The number of fused-ring (bicyclic) bond motifs is 1. The second-order valence-corrected chi connectivity index (χ2v) is 5.96. The summed E-state index contributed by atoms with van der Waals surface area (Å²) >= 11 is 1.42. The molecule has 0 aliphatic carbocycles. The maximum Gasteiger partial charge on any atom is 0.290 e. The van der Waals surface area contributed by atoms with Gasteiger partial charge in [-0.15, -0.1) is 11.3 Å². The van der Waals surface area contributed by atoms with Crippen LogP contribution in [0.25, 0.3) is 32.5 Å². The molecule has 3 heterocycles. The molecule has 0 saturated carbocycles. The molecular formula is C17H13N3O4S. The number of nitrogens with zero attached hydrogens (tertiary/aromatic N) is 1. The summed E-state index contributed by atoms with van der Waals surface area (Å²) in [5.41, 5.74) is 2.47. The summed E-state index contributed by atoms with van der Waals surface area (Å²) in [6.45, 7) is -0.250. The summed E-state index contributed by atoms with van der Waals surface area (Å²) in [6, 6.07) is 9.19. The lowest BCUT2D eigenvalue weighted by molar-refractivity contribution is -0.122. The first-order valence-electron chi connectivity index (χ1n) is 7.15. The lowest BCUT2D eigenvalue weighted by Crippen LogP contribution is -2.08. The molecule has 0 aliphatic rings. The number of carbonyl (C=O) groups is 1. The number of H-pyrrole nitrogens is 2. The van der Waals surface area contributed by atoms with E-state index in [1.165, 1.54) is 11.3 Å². The van der Waals surface area contributed by atoms with E-state index in [0.717, 1.165) is 16.0 Å². The average molecular weight is 355 g/mol. The third-order valence-corrected chi connectivity index (χ3v) is 4.47. The van der Waals surface area contributed by atoms with Gasteiger partial charge in [0.1, 0.15) is 5.75 Å². The first kappa shape index (κ1) is 16.5. The maximum atomic E-state index is 12.2. The number of nitrogens with one attached hydrogen (secondary N) is 2. The Hall–Kier alpha value is -3.39. The molecule has 0 bridgehead atoms. The van der Waals surface area contributed by atoms with Crippen LogP contribution in [0, 0.1) is 0 Å². The fourth-order valence-corrected chi connectivity index (χ4v) is 3.28. The number of carboxylic acid groups (broad SMARTS) is 1. The maximum absolute atomic E-state index is 12.2. The highest BCUT2D eigenvalue weighted by Gasteiger charge is 2.15. The van der Waals surface area contributed by atoms with Gasteiger partial charge in [-0.25, -0.2) is 0 Å². The van der Waals surface area contributed by atoms with Gasteiger partial charge < -0.3 is 15.2 Å². The third kappa shape index (κ3) is 3.15. The summed E-state index contributed by atoms with van der Waals surface area (Å²) in [5.74, 6) is 0.00606. The van der Waals surface area contributed by atoms with Crippen molar-refractivity contribution in [2.75, 3.05) is 0 Å². The molecule has 25 heavy (non-hydrogen) atoms. The Bertz CT molecular complexity index is 1050. The number of pyridine rings is 1. The molecule has 0 aliphatic heterocycles. The van der Waals surface area contributed by atoms with Gasteiger partial charge in [-0.05, 0) is 29.1 Å². The van der Waals surface area contributed by atoms with Gasteiger partial charge in [0.25, 0.3) is 12.0 Å². The van der Waals surface area contributed by atoms with E-state index in [0.29, 0.717) is 16.5 Å². The summed E-state index contributed by atoms with van der Waals surface area (Å²) in [5, 5.41) is 26.7. The van der Waals surface area contributed by atoms with Gasteiger partial charge in [0.05, 0.1) is 17.3 Å². The molecule has 0 radical (unpaired) electrons. The lowest BCUT2D eigenvalue weighted by atomic mass is 10.0. The Balaban J connectivity index is 0.000000569. The summed E-state index contributed by atoms with van der Waals surface area (Å²) in [6.07, 6.45) is 3.49. The van der Waals surface area contributed by atoms with Crippen LogP contribution < -0.4 is 5.56 Å². The van der Waals surface area contributed by atoms with Gasteiger partial charge in [-0.3, -0.25) is 14.7 Å². The molecule has 7 nitrogen and oxygen atoms in total. The Morgan fingerprint density at radius 3 is 2.64 bits per heavy atom. The van der Waals surface area contributed by atoms with Crippen molar-refractivity contribution in [3.8, 4) is 27.3 Å². The fourth-order valence-electron chi connectivity index (χ4n) is 2.51. The molecule has 0 unspecified atom stereocenters. The highest BCUT2D eigenvalue weighted by atomic mass is 32.1. The van der Waals surface area contributed by atoms with Crippen LogP contribution >= 0.6 is 11.3 Å². The van der Waals surface area contributed by atoms with Crippen molar-refractivity contribution in [1.29, 1.82) is 0 Å². The van der Waals surface area contributed by atoms with E-state index in [-0.39, 0.29) is 17.8 Å². The molecule has 4 aromatic rings. The van der Waals surface area contributed by atoms with Crippen LogP contribution in [0.15, 0.2) is 52.9 Å². The van der Waals surface area contributed by atoms with Crippen LogP contribution in [0.2, 0.25) is 0 Å². The SMILES string of the molecule is O=CO.O=c1[nH]c2ccc(-c3cn[nH]c3)cc2c(O)c1-c1cccs1. The monoisotopic (exact) mass is 355 g/mol. The molecule has 8 heteroatoms. The number of thiophene rings is 1. The van der Waals surface area contributed by atoms with Gasteiger partial charge in [0, 0.05) is 22.0 Å². The quantitative estimate of drug-likeness (QED) is 0.412. The molecular weight excluding hydrogens is 342 g/mol. The van der Waals surface area contributed by atoms with Crippen LogP contribution in [0.4, 0.5) is 0 Å². The van der Waals surface area contributed by atoms with E-state index < -0.39 is 0 Å². The zero-order valence-electron chi connectivity index (χ0n) is 12.8. The highest BCUT2D eigenvalue weighted by Crippen LogP contribution is 2.35. The number of rotatable bonds is 2. The van der Waals surface area contributed by atoms with E-state index >= 15 is 0 Å². The van der Waals surface area contributed by atoms with Gasteiger partial charge in [-0.2, -0.15) is 5.10 Å². The minimum Gasteiger partial charge on any atom is -0.506 e. The molecule has 4 rings (SSSR count). The largest absolute Gasteiger partial charge is 0.506 e. The van der Waals surface area contributed by atoms with Crippen molar-refractivity contribution < 1.29 is 15.0 Å². The third-order valence-electron chi connectivity index (χ3n) is 3.59. The first-order valence-corrected chi connectivity index (χ1v) is 8.03. The molecule has 3 aromatic heterocycles. The van der Waals surface area contributed by atoms with Crippen LogP contribution in [0.3, 0.4) is 0 Å². The minimum atomic E-state index is -0.288.